The molecule has 7 heteroatoms. The molecule has 2 aromatic rings. The van der Waals surface area contributed by atoms with Gasteiger partial charge in [0.15, 0.2) is 5.13 Å². The van der Waals surface area contributed by atoms with Crippen molar-refractivity contribution in [1.29, 1.82) is 0 Å². The van der Waals surface area contributed by atoms with Crippen molar-refractivity contribution >= 4 is 39.8 Å². The van der Waals surface area contributed by atoms with E-state index in [4.69, 9.17) is 4.98 Å². The molecule has 1 aromatic carbocycles. The van der Waals surface area contributed by atoms with Gasteiger partial charge in [0, 0.05) is 34.4 Å². The molecule has 1 aromatic heterocycles. The Morgan fingerprint density at radius 1 is 1.23 bits per heavy atom. The zero-order chi connectivity index (χ0) is 20.8. The van der Waals surface area contributed by atoms with Crippen LogP contribution in [0.1, 0.15) is 23.3 Å². The van der Waals surface area contributed by atoms with E-state index in [1.807, 2.05) is 19.1 Å². The van der Waals surface area contributed by atoms with Crippen LogP contribution in [0.2, 0.25) is 0 Å². The van der Waals surface area contributed by atoms with E-state index in [9.17, 15) is 14.4 Å². The van der Waals surface area contributed by atoms with Gasteiger partial charge < -0.3 is 10.6 Å². The number of carbonyl (C=O) groups is 3. The number of amides is 2. The first-order chi connectivity index (χ1) is 15.0. The van der Waals surface area contributed by atoms with E-state index in [1.165, 1.54) is 17.8 Å². The molecule has 31 heavy (non-hydrogen) atoms. The Balaban J connectivity index is 1.09. The van der Waals surface area contributed by atoms with Crippen LogP contribution in [-0.4, -0.2) is 22.6 Å². The number of aryl methyl sites for hydroxylation is 2. The highest BCUT2D eigenvalue weighted by Gasteiger charge is 2.96. The van der Waals surface area contributed by atoms with E-state index in [0.29, 0.717) is 46.9 Å². The number of fused-ring (bicyclic) bond motifs is 1. The molecule has 2 heterocycles. The summed E-state index contributed by atoms with van der Waals surface area (Å²) >= 11 is 1.50. The number of rotatable bonds is 3. The van der Waals surface area contributed by atoms with Gasteiger partial charge in [0.1, 0.15) is 5.78 Å². The molecule has 6 saturated carbocycles. The molecule has 4 bridgehead atoms. The van der Waals surface area contributed by atoms with Crippen LogP contribution in [0.5, 0.6) is 0 Å². The molecule has 0 spiro atoms. The Labute approximate surface area is 182 Å². The molecule has 8 atom stereocenters. The second kappa shape index (κ2) is 5.09. The van der Waals surface area contributed by atoms with Crippen LogP contribution in [0.3, 0.4) is 0 Å². The minimum Gasteiger partial charge on any atom is -0.326 e. The Bertz CT molecular complexity index is 1270. The third-order valence-electron chi connectivity index (χ3n) is 9.55. The molecular formula is C24H21N3O3S. The summed E-state index contributed by atoms with van der Waals surface area (Å²) in [6.07, 6.45) is 2.41. The lowest BCUT2D eigenvalue weighted by Gasteiger charge is -2.70. The lowest BCUT2D eigenvalue weighted by Crippen LogP contribution is -2.74. The van der Waals surface area contributed by atoms with E-state index in [2.05, 4.69) is 16.7 Å². The summed E-state index contributed by atoms with van der Waals surface area (Å²) in [5.74, 6) is 3.15. The summed E-state index contributed by atoms with van der Waals surface area (Å²) in [6, 6.07) is 6.01. The predicted octanol–water partition coefficient (Wildman–Crippen LogP) is 3.27. The number of thiazole rings is 1. The fourth-order valence-electron chi connectivity index (χ4n) is 8.87. The number of hydrogen-bond acceptors (Lipinski definition) is 5. The first kappa shape index (κ1) is 17.1. The van der Waals surface area contributed by atoms with Crippen LogP contribution < -0.4 is 10.6 Å². The van der Waals surface area contributed by atoms with Gasteiger partial charge in [0.25, 0.3) is 0 Å². The molecule has 0 saturated heterocycles. The molecule has 156 valence electrons. The molecule has 0 radical (unpaired) electrons. The van der Waals surface area contributed by atoms with Gasteiger partial charge in [-0.25, -0.2) is 4.98 Å². The van der Waals surface area contributed by atoms with Crippen LogP contribution in [-0.2, 0) is 20.8 Å². The number of Topliss-reactive ketones (excluding diaryl/α,β-unsaturated/α-hetero) is 1. The number of benzene rings is 1. The number of nitrogens with zero attached hydrogens (tertiary/aromatic N) is 1. The highest BCUT2D eigenvalue weighted by atomic mass is 32.1. The summed E-state index contributed by atoms with van der Waals surface area (Å²) in [6.45, 7) is 2.02. The molecule has 9 rings (SSSR count). The average molecular weight is 432 g/mol. The van der Waals surface area contributed by atoms with Crippen LogP contribution in [0.15, 0.2) is 18.2 Å². The SMILES string of the molecule is Cc1sc(NC(=O)C23C4C(=O)C5C6CC(C52)C3C64)nc1-c1ccc2c(c1)CCC(=O)N2. The fourth-order valence-corrected chi connectivity index (χ4v) is 9.70. The smallest absolute Gasteiger partial charge is 0.233 e. The summed E-state index contributed by atoms with van der Waals surface area (Å²) in [5, 5.41) is 6.67. The fraction of sp³-hybridized carbons (Fsp3) is 0.500. The van der Waals surface area contributed by atoms with Crippen LogP contribution in [0.25, 0.3) is 11.3 Å². The van der Waals surface area contributed by atoms with Gasteiger partial charge in [-0.3, -0.25) is 14.4 Å². The lowest BCUT2D eigenvalue weighted by atomic mass is 9.31. The Kier molecular flexibility index (Phi) is 2.80. The number of ketones is 1. The minimum atomic E-state index is -0.409. The van der Waals surface area contributed by atoms with E-state index in [0.717, 1.165) is 33.8 Å². The number of nitrogens with one attached hydrogen (secondary N) is 2. The monoisotopic (exact) mass is 431 g/mol. The van der Waals surface area contributed by atoms with Crippen molar-refractivity contribution in [3.63, 3.8) is 0 Å². The van der Waals surface area contributed by atoms with E-state index in [1.54, 1.807) is 0 Å². The number of anilines is 2. The predicted molar refractivity (Wildman–Crippen MR) is 114 cm³/mol. The lowest BCUT2D eigenvalue weighted by molar-refractivity contribution is -0.245. The molecule has 2 amide bonds. The van der Waals surface area contributed by atoms with Crippen LogP contribution >= 0.6 is 11.3 Å². The first-order valence-electron chi connectivity index (χ1n) is 11.3. The summed E-state index contributed by atoms with van der Waals surface area (Å²) in [4.78, 5) is 43.7. The molecule has 6 fully saturated rings. The van der Waals surface area contributed by atoms with Gasteiger partial charge in [0.2, 0.25) is 11.8 Å². The third-order valence-corrected chi connectivity index (χ3v) is 10.4. The number of hydrogen-bond donors (Lipinski definition) is 2. The maximum absolute atomic E-state index is 13.5. The minimum absolute atomic E-state index is 0.00682. The number of aromatic nitrogens is 1. The van der Waals surface area contributed by atoms with Crippen molar-refractivity contribution in [1.82, 2.24) is 4.98 Å². The van der Waals surface area contributed by atoms with Gasteiger partial charge >= 0.3 is 0 Å². The summed E-state index contributed by atoms with van der Waals surface area (Å²) in [7, 11) is 0. The first-order valence-corrected chi connectivity index (χ1v) is 12.1. The second-order valence-corrected chi connectivity index (χ2v) is 11.5. The third kappa shape index (κ3) is 1.66. The van der Waals surface area contributed by atoms with Crippen molar-refractivity contribution in [2.75, 3.05) is 10.6 Å². The standard InChI is InChI=1S/C24H21N3O3S/c1-8-20(10-2-4-13-9(6-10)3-5-14(28)25-13)26-23(31-8)27-22(30)24-17-12-7-11-15(17)19(24)21(29)16(11)18(12)24/h2,4,6,11-12,15-19H,3,5,7H2,1H3,(H,25,28)(H,26,27,30). The van der Waals surface area contributed by atoms with Gasteiger partial charge in [-0.05, 0) is 67.1 Å². The summed E-state index contributed by atoms with van der Waals surface area (Å²) < 4.78 is 0. The zero-order valence-corrected chi connectivity index (χ0v) is 17.8. The number of carbonyl (C=O) groups excluding carboxylic acids is 3. The Hall–Kier alpha value is -2.54. The molecule has 2 N–H and O–H groups in total. The maximum Gasteiger partial charge on any atom is 0.233 e. The molecule has 6 aliphatic carbocycles. The maximum atomic E-state index is 13.5. The Morgan fingerprint density at radius 2 is 2.10 bits per heavy atom. The molecular weight excluding hydrogens is 410 g/mol. The molecule has 7 aliphatic rings. The molecule has 1 aliphatic heterocycles. The quantitative estimate of drug-likeness (QED) is 0.781. The van der Waals surface area contributed by atoms with Crippen LogP contribution in [0, 0.1) is 53.8 Å². The molecule has 6 nitrogen and oxygen atoms in total. The van der Waals surface area contributed by atoms with E-state index >= 15 is 0 Å². The van der Waals surface area contributed by atoms with Crippen molar-refractivity contribution in [2.45, 2.75) is 26.2 Å². The van der Waals surface area contributed by atoms with Crippen molar-refractivity contribution in [3.05, 3.63) is 28.6 Å². The van der Waals surface area contributed by atoms with Gasteiger partial charge in [-0.1, -0.05) is 6.07 Å². The van der Waals surface area contributed by atoms with Gasteiger partial charge in [-0.15, -0.1) is 11.3 Å². The summed E-state index contributed by atoms with van der Waals surface area (Å²) in [5.41, 5.74) is 3.46. The van der Waals surface area contributed by atoms with Crippen molar-refractivity contribution in [2.24, 2.45) is 46.8 Å². The average Bonchev–Trinajstić information content (AvgIpc) is 3.38. The highest BCUT2D eigenvalue weighted by Crippen LogP contribution is 2.92. The van der Waals surface area contributed by atoms with Gasteiger partial charge in [-0.2, -0.15) is 0 Å². The normalized spacial score (nSPS) is 41.6. The zero-order valence-electron chi connectivity index (χ0n) is 17.0. The van der Waals surface area contributed by atoms with E-state index < -0.39 is 5.41 Å². The highest BCUT2D eigenvalue weighted by molar-refractivity contribution is 7.16. The Morgan fingerprint density at radius 3 is 2.94 bits per heavy atom. The topological polar surface area (TPSA) is 88.2 Å². The van der Waals surface area contributed by atoms with Crippen molar-refractivity contribution in [3.8, 4) is 11.3 Å². The molecule has 8 unspecified atom stereocenters. The van der Waals surface area contributed by atoms with Crippen molar-refractivity contribution < 1.29 is 14.4 Å². The van der Waals surface area contributed by atoms with Crippen LogP contribution in [0.4, 0.5) is 10.8 Å². The largest absolute Gasteiger partial charge is 0.326 e. The van der Waals surface area contributed by atoms with E-state index in [-0.39, 0.29) is 23.7 Å². The van der Waals surface area contributed by atoms with Gasteiger partial charge in [0.05, 0.1) is 11.1 Å². The second-order valence-electron chi connectivity index (χ2n) is 10.3.